The van der Waals surface area contributed by atoms with Crippen molar-refractivity contribution >= 4 is 17.6 Å². The largest absolute Gasteiger partial charge is 0.491 e. The zero-order valence-corrected chi connectivity index (χ0v) is 8.37. The standard InChI is InChI=1S/C9H9ClFNO3/c10-6-2-1-5(3-7(6)11)15-4-8(12)9(13)14/h1-3,8H,4,12H2,(H,13,14). The van der Waals surface area contributed by atoms with Crippen LogP contribution in [0.25, 0.3) is 0 Å². The topological polar surface area (TPSA) is 72.5 Å². The van der Waals surface area contributed by atoms with E-state index in [4.69, 9.17) is 27.2 Å². The predicted molar refractivity (Wildman–Crippen MR) is 52.5 cm³/mol. The molecule has 3 N–H and O–H groups in total. The van der Waals surface area contributed by atoms with Crippen LogP contribution in [0.4, 0.5) is 4.39 Å². The number of hydrogen-bond donors (Lipinski definition) is 2. The van der Waals surface area contributed by atoms with E-state index in [0.29, 0.717) is 0 Å². The van der Waals surface area contributed by atoms with Crippen molar-refractivity contribution in [2.75, 3.05) is 6.61 Å². The van der Waals surface area contributed by atoms with Crippen LogP contribution >= 0.6 is 11.6 Å². The van der Waals surface area contributed by atoms with Gasteiger partial charge in [0, 0.05) is 6.07 Å². The Morgan fingerprint density at radius 2 is 2.33 bits per heavy atom. The molecule has 0 aliphatic heterocycles. The Hall–Kier alpha value is -1.33. The Morgan fingerprint density at radius 1 is 1.67 bits per heavy atom. The fourth-order valence-electron chi connectivity index (χ4n) is 0.824. The van der Waals surface area contributed by atoms with Crippen molar-refractivity contribution in [1.29, 1.82) is 0 Å². The first-order valence-electron chi connectivity index (χ1n) is 4.07. The van der Waals surface area contributed by atoms with Gasteiger partial charge in [0.1, 0.15) is 24.2 Å². The molecule has 0 spiro atoms. The Kier molecular flexibility index (Phi) is 3.88. The number of benzene rings is 1. The van der Waals surface area contributed by atoms with Crippen LogP contribution in [0.15, 0.2) is 18.2 Å². The SMILES string of the molecule is NC(COc1ccc(Cl)c(F)c1)C(=O)O. The molecule has 0 aromatic heterocycles. The highest BCUT2D eigenvalue weighted by Gasteiger charge is 2.12. The molecule has 0 fully saturated rings. The normalized spacial score (nSPS) is 12.2. The molecule has 0 saturated heterocycles. The van der Waals surface area contributed by atoms with E-state index in [1.54, 1.807) is 0 Å². The summed E-state index contributed by atoms with van der Waals surface area (Å²) in [7, 11) is 0. The maximum Gasteiger partial charge on any atom is 0.324 e. The van der Waals surface area contributed by atoms with Gasteiger partial charge in [0.15, 0.2) is 0 Å². The fraction of sp³-hybridized carbons (Fsp3) is 0.222. The maximum atomic E-state index is 12.9. The molecule has 1 unspecified atom stereocenters. The average molecular weight is 234 g/mol. The zero-order chi connectivity index (χ0) is 11.4. The Labute approximate surface area is 90.4 Å². The lowest BCUT2D eigenvalue weighted by Crippen LogP contribution is -2.36. The van der Waals surface area contributed by atoms with E-state index in [1.165, 1.54) is 12.1 Å². The minimum absolute atomic E-state index is 0.0233. The summed E-state index contributed by atoms with van der Waals surface area (Å²) in [4.78, 5) is 10.3. The van der Waals surface area contributed by atoms with Gasteiger partial charge in [-0.05, 0) is 12.1 Å². The van der Waals surface area contributed by atoms with Crippen molar-refractivity contribution in [3.05, 3.63) is 29.0 Å². The lowest BCUT2D eigenvalue weighted by molar-refractivity contribution is -0.139. The van der Waals surface area contributed by atoms with Gasteiger partial charge in [-0.15, -0.1) is 0 Å². The minimum atomic E-state index is -1.18. The molecular formula is C9H9ClFNO3. The first kappa shape index (κ1) is 11.7. The summed E-state index contributed by atoms with van der Waals surface area (Å²) in [6.45, 7) is -0.226. The maximum absolute atomic E-state index is 12.9. The van der Waals surface area contributed by atoms with Gasteiger partial charge in [-0.25, -0.2) is 4.39 Å². The summed E-state index contributed by atoms with van der Waals surface area (Å²) in [6, 6.07) is 2.68. The average Bonchev–Trinajstić information content (AvgIpc) is 2.19. The van der Waals surface area contributed by atoms with Gasteiger partial charge in [-0.2, -0.15) is 0 Å². The van der Waals surface area contributed by atoms with E-state index in [2.05, 4.69) is 0 Å². The van der Waals surface area contributed by atoms with E-state index in [1.807, 2.05) is 0 Å². The third kappa shape index (κ3) is 3.38. The molecule has 1 atom stereocenters. The highest BCUT2D eigenvalue weighted by molar-refractivity contribution is 6.30. The number of carbonyl (C=O) groups is 1. The number of nitrogens with two attached hydrogens (primary N) is 1. The summed E-state index contributed by atoms with van der Waals surface area (Å²) in [5.74, 6) is -1.61. The number of halogens is 2. The fourth-order valence-corrected chi connectivity index (χ4v) is 0.941. The summed E-state index contributed by atoms with van der Waals surface area (Å²) >= 11 is 5.44. The van der Waals surface area contributed by atoms with Gasteiger partial charge in [-0.1, -0.05) is 11.6 Å². The number of hydrogen-bond acceptors (Lipinski definition) is 3. The molecule has 0 saturated carbocycles. The van der Waals surface area contributed by atoms with Gasteiger partial charge in [0.25, 0.3) is 0 Å². The van der Waals surface area contributed by atoms with Crippen LogP contribution in [0.1, 0.15) is 0 Å². The van der Waals surface area contributed by atoms with E-state index >= 15 is 0 Å². The van der Waals surface area contributed by atoms with Crippen LogP contribution in [-0.2, 0) is 4.79 Å². The van der Waals surface area contributed by atoms with Crippen LogP contribution in [0, 0.1) is 5.82 Å². The molecule has 1 aromatic carbocycles. The van der Waals surface area contributed by atoms with Gasteiger partial charge < -0.3 is 15.6 Å². The number of aliphatic carboxylic acids is 1. The Bertz CT molecular complexity index is 372. The number of carboxylic acid groups (broad SMARTS) is 1. The van der Waals surface area contributed by atoms with Crippen LogP contribution in [0.3, 0.4) is 0 Å². The van der Waals surface area contributed by atoms with Crippen molar-refractivity contribution in [3.8, 4) is 5.75 Å². The zero-order valence-electron chi connectivity index (χ0n) is 7.61. The van der Waals surface area contributed by atoms with Crippen LogP contribution in [0.2, 0.25) is 5.02 Å². The second-order valence-electron chi connectivity index (χ2n) is 2.83. The third-order valence-electron chi connectivity index (χ3n) is 1.64. The van der Waals surface area contributed by atoms with Crippen LogP contribution in [-0.4, -0.2) is 23.7 Å². The van der Waals surface area contributed by atoms with Crippen molar-refractivity contribution in [2.24, 2.45) is 5.73 Å². The number of carboxylic acids is 1. The second-order valence-corrected chi connectivity index (χ2v) is 3.24. The van der Waals surface area contributed by atoms with Crippen LogP contribution < -0.4 is 10.5 Å². The molecule has 0 heterocycles. The summed E-state index contributed by atoms with van der Waals surface area (Å²) in [6.07, 6.45) is 0. The third-order valence-corrected chi connectivity index (χ3v) is 1.94. The minimum Gasteiger partial charge on any atom is -0.491 e. The monoisotopic (exact) mass is 233 g/mol. The number of ether oxygens (including phenoxy) is 1. The van der Waals surface area contributed by atoms with E-state index < -0.39 is 17.8 Å². The Balaban J connectivity index is 2.58. The molecule has 1 rings (SSSR count). The van der Waals surface area contributed by atoms with Crippen molar-refractivity contribution < 1.29 is 19.0 Å². The molecule has 82 valence electrons. The summed E-state index contributed by atoms with van der Waals surface area (Å²) in [5, 5.41) is 8.44. The molecule has 6 heteroatoms. The second kappa shape index (κ2) is 4.95. The molecule has 0 aliphatic rings. The molecule has 0 radical (unpaired) electrons. The van der Waals surface area contributed by atoms with Crippen molar-refractivity contribution in [3.63, 3.8) is 0 Å². The van der Waals surface area contributed by atoms with Gasteiger partial charge in [0.2, 0.25) is 0 Å². The van der Waals surface area contributed by atoms with E-state index in [-0.39, 0.29) is 17.4 Å². The highest BCUT2D eigenvalue weighted by Crippen LogP contribution is 2.20. The molecular weight excluding hydrogens is 225 g/mol. The first-order valence-corrected chi connectivity index (χ1v) is 4.44. The van der Waals surface area contributed by atoms with Gasteiger partial charge in [-0.3, -0.25) is 4.79 Å². The lowest BCUT2D eigenvalue weighted by Gasteiger charge is -2.09. The molecule has 0 bridgehead atoms. The molecule has 4 nitrogen and oxygen atoms in total. The summed E-state index contributed by atoms with van der Waals surface area (Å²) in [5.41, 5.74) is 5.19. The predicted octanol–water partition coefficient (Wildman–Crippen LogP) is 1.27. The molecule has 0 aliphatic carbocycles. The van der Waals surface area contributed by atoms with E-state index in [9.17, 15) is 9.18 Å². The smallest absolute Gasteiger partial charge is 0.324 e. The first-order chi connectivity index (χ1) is 7.00. The molecule has 15 heavy (non-hydrogen) atoms. The highest BCUT2D eigenvalue weighted by atomic mass is 35.5. The quantitative estimate of drug-likeness (QED) is 0.822. The number of rotatable bonds is 4. The van der Waals surface area contributed by atoms with Gasteiger partial charge in [0.05, 0.1) is 5.02 Å². The van der Waals surface area contributed by atoms with Crippen LogP contribution in [0.5, 0.6) is 5.75 Å². The Morgan fingerprint density at radius 3 is 2.87 bits per heavy atom. The molecule has 0 amide bonds. The molecule has 1 aromatic rings. The summed E-state index contributed by atoms with van der Waals surface area (Å²) < 4.78 is 17.9. The van der Waals surface area contributed by atoms with Crippen molar-refractivity contribution in [1.82, 2.24) is 0 Å². The van der Waals surface area contributed by atoms with Gasteiger partial charge >= 0.3 is 5.97 Å². The lowest BCUT2D eigenvalue weighted by atomic mass is 10.3. The van der Waals surface area contributed by atoms with E-state index in [0.717, 1.165) is 6.07 Å². The van der Waals surface area contributed by atoms with Crippen molar-refractivity contribution in [2.45, 2.75) is 6.04 Å².